The molecule has 1 aliphatic rings. The summed E-state index contributed by atoms with van der Waals surface area (Å²) in [5.41, 5.74) is -2.10. The largest absolute Gasteiger partial charge is 0.444 e. The summed E-state index contributed by atoms with van der Waals surface area (Å²) in [6.45, 7) is 17.0. The zero-order valence-electron chi connectivity index (χ0n) is 26.1. The van der Waals surface area contributed by atoms with Crippen LogP contribution in [0.25, 0.3) is 0 Å². The molecule has 2 rings (SSSR count). The van der Waals surface area contributed by atoms with Crippen molar-refractivity contribution in [3.63, 3.8) is 0 Å². The minimum atomic E-state index is -1.15. The number of benzene rings is 1. The molecule has 230 valence electrons. The smallest absolute Gasteiger partial charge is 0.408 e. The van der Waals surface area contributed by atoms with E-state index in [0.29, 0.717) is 31.2 Å². The Morgan fingerprint density at radius 1 is 0.976 bits per heavy atom. The Bertz CT molecular complexity index is 1100. The SMILES string of the molecule is CCC(CC)(C(=O)OC(C)OC(=O)C(C)(C)C)[C@H]1CC[C@@H](c2cccc(F)c2)N1C(=O)[C@@H](C)NC(=O)OC(C)(C)C. The molecule has 1 saturated heterocycles. The van der Waals surface area contributed by atoms with Crippen molar-refractivity contribution < 1.29 is 37.8 Å². The Kier molecular flexibility index (Phi) is 11.0. The van der Waals surface area contributed by atoms with Crippen molar-refractivity contribution in [1.82, 2.24) is 10.2 Å². The van der Waals surface area contributed by atoms with Gasteiger partial charge in [-0.3, -0.25) is 14.4 Å². The second kappa shape index (κ2) is 13.2. The summed E-state index contributed by atoms with van der Waals surface area (Å²) in [7, 11) is 0. The molecule has 4 atom stereocenters. The zero-order chi connectivity index (χ0) is 31.3. The molecule has 1 aromatic rings. The number of alkyl carbamates (subject to hydrolysis) is 1. The van der Waals surface area contributed by atoms with Crippen LogP contribution in [0.1, 0.15) is 107 Å². The summed E-state index contributed by atoms with van der Waals surface area (Å²) in [4.78, 5) is 54.3. The van der Waals surface area contributed by atoms with Gasteiger partial charge in [-0.15, -0.1) is 0 Å². The number of hydrogen-bond donors (Lipinski definition) is 1. The van der Waals surface area contributed by atoms with Crippen LogP contribution in [0.15, 0.2) is 24.3 Å². The zero-order valence-corrected chi connectivity index (χ0v) is 26.1. The third-order valence-corrected chi connectivity index (χ3v) is 7.44. The summed E-state index contributed by atoms with van der Waals surface area (Å²) in [5, 5.41) is 2.60. The summed E-state index contributed by atoms with van der Waals surface area (Å²) in [6.07, 6.45) is -0.297. The van der Waals surface area contributed by atoms with Crippen LogP contribution in [0.5, 0.6) is 0 Å². The fraction of sp³-hybridized carbons (Fsp3) is 0.677. The number of carbonyl (C=O) groups is 4. The van der Waals surface area contributed by atoms with Gasteiger partial charge in [-0.25, -0.2) is 9.18 Å². The van der Waals surface area contributed by atoms with E-state index in [-0.39, 0.29) is 0 Å². The molecule has 0 aliphatic carbocycles. The number of amides is 2. The lowest BCUT2D eigenvalue weighted by Crippen LogP contribution is -2.56. The van der Waals surface area contributed by atoms with Crippen LogP contribution in [0.3, 0.4) is 0 Å². The fourth-order valence-electron chi connectivity index (χ4n) is 5.24. The average Bonchev–Trinajstić information content (AvgIpc) is 3.28. The van der Waals surface area contributed by atoms with E-state index < -0.39 is 70.6 Å². The maximum atomic E-state index is 14.3. The monoisotopic (exact) mass is 578 g/mol. The number of likely N-dealkylation sites (tertiary alicyclic amines) is 1. The minimum absolute atomic E-state index is 0.334. The summed E-state index contributed by atoms with van der Waals surface area (Å²) in [5.74, 6) is -1.97. The molecule has 0 saturated carbocycles. The quantitative estimate of drug-likeness (QED) is 0.280. The van der Waals surface area contributed by atoms with E-state index >= 15 is 0 Å². The van der Waals surface area contributed by atoms with Gasteiger partial charge in [-0.05, 0) is 91.8 Å². The Labute approximate surface area is 243 Å². The topological polar surface area (TPSA) is 111 Å². The van der Waals surface area contributed by atoms with Crippen molar-refractivity contribution in [3.8, 4) is 0 Å². The maximum absolute atomic E-state index is 14.3. The van der Waals surface area contributed by atoms with E-state index in [1.807, 2.05) is 13.8 Å². The fourth-order valence-corrected chi connectivity index (χ4v) is 5.24. The Morgan fingerprint density at radius 2 is 1.56 bits per heavy atom. The van der Waals surface area contributed by atoms with Gasteiger partial charge in [-0.1, -0.05) is 26.0 Å². The first kappa shape index (κ1) is 34.0. The highest BCUT2D eigenvalue weighted by molar-refractivity contribution is 5.87. The molecule has 1 N–H and O–H groups in total. The van der Waals surface area contributed by atoms with Gasteiger partial charge in [0, 0.05) is 13.0 Å². The first-order valence-corrected chi connectivity index (χ1v) is 14.4. The highest BCUT2D eigenvalue weighted by Gasteiger charge is 2.54. The molecule has 1 unspecified atom stereocenters. The average molecular weight is 579 g/mol. The number of hydrogen-bond acceptors (Lipinski definition) is 7. The van der Waals surface area contributed by atoms with Gasteiger partial charge < -0.3 is 24.4 Å². The Morgan fingerprint density at radius 3 is 2.07 bits per heavy atom. The lowest BCUT2D eigenvalue weighted by molar-refractivity contribution is -0.200. The first-order chi connectivity index (χ1) is 18.9. The summed E-state index contributed by atoms with van der Waals surface area (Å²) in [6, 6.07) is 3.88. The van der Waals surface area contributed by atoms with Crippen molar-refractivity contribution in [3.05, 3.63) is 35.6 Å². The summed E-state index contributed by atoms with van der Waals surface area (Å²) >= 11 is 0. The van der Waals surface area contributed by atoms with Crippen LogP contribution in [0.2, 0.25) is 0 Å². The molecule has 1 aromatic carbocycles. The van der Waals surface area contributed by atoms with Gasteiger partial charge in [0.05, 0.1) is 16.9 Å². The van der Waals surface area contributed by atoms with E-state index in [9.17, 15) is 23.6 Å². The number of esters is 2. The van der Waals surface area contributed by atoms with Gasteiger partial charge in [0.2, 0.25) is 12.2 Å². The van der Waals surface area contributed by atoms with Crippen molar-refractivity contribution in [2.45, 2.75) is 125 Å². The van der Waals surface area contributed by atoms with Crippen LogP contribution in [0.4, 0.5) is 9.18 Å². The second-order valence-electron chi connectivity index (χ2n) is 12.8. The third kappa shape index (κ3) is 8.42. The first-order valence-electron chi connectivity index (χ1n) is 14.4. The van der Waals surface area contributed by atoms with Gasteiger partial charge in [-0.2, -0.15) is 0 Å². The molecule has 1 fully saturated rings. The predicted octanol–water partition coefficient (Wildman–Crippen LogP) is 6.06. The Hall–Kier alpha value is -3.17. The molecule has 2 amide bonds. The van der Waals surface area contributed by atoms with Gasteiger partial charge >= 0.3 is 18.0 Å². The number of halogens is 1. The van der Waals surface area contributed by atoms with Gasteiger partial charge in [0.25, 0.3) is 0 Å². The molecular formula is C31H47FN2O7. The molecule has 1 heterocycles. The minimum Gasteiger partial charge on any atom is -0.444 e. The molecule has 41 heavy (non-hydrogen) atoms. The maximum Gasteiger partial charge on any atom is 0.408 e. The lowest BCUT2D eigenvalue weighted by Gasteiger charge is -2.43. The van der Waals surface area contributed by atoms with Gasteiger partial charge in [0.15, 0.2) is 0 Å². The third-order valence-electron chi connectivity index (χ3n) is 7.44. The standard InChI is InChI=1S/C31H47FN2O7/c1-11-31(12-2,27(37)40-20(4)39-26(36)29(5,6)7)24-17-16-23(21-14-13-15-22(32)18-21)34(24)25(35)19(3)33-28(38)41-30(8,9)10/h13-15,18-20,23-24H,11-12,16-17H2,1-10H3,(H,33,38)/t19-,20?,23+,24-/m1/s1. The predicted molar refractivity (Wildman–Crippen MR) is 152 cm³/mol. The molecule has 0 bridgehead atoms. The van der Waals surface area contributed by atoms with E-state index in [1.165, 1.54) is 19.1 Å². The highest BCUT2D eigenvalue weighted by Crippen LogP contribution is 2.48. The van der Waals surface area contributed by atoms with E-state index in [1.54, 1.807) is 65.5 Å². The normalized spacial score (nSPS) is 19.2. The number of ether oxygens (including phenoxy) is 3. The van der Waals surface area contributed by atoms with Crippen molar-refractivity contribution in [1.29, 1.82) is 0 Å². The van der Waals surface area contributed by atoms with E-state index in [0.717, 1.165) is 0 Å². The van der Waals surface area contributed by atoms with E-state index in [4.69, 9.17) is 14.2 Å². The van der Waals surface area contributed by atoms with Crippen LogP contribution in [-0.2, 0) is 28.6 Å². The molecule has 1 aliphatic heterocycles. The van der Waals surface area contributed by atoms with Crippen molar-refractivity contribution >= 4 is 23.9 Å². The Balaban J connectivity index is 2.46. The van der Waals surface area contributed by atoms with Crippen molar-refractivity contribution in [2.24, 2.45) is 10.8 Å². The van der Waals surface area contributed by atoms with E-state index in [2.05, 4.69) is 5.32 Å². The summed E-state index contributed by atoms with van der Waals surface area (Å²) < 4.78 is 30.6. The van der Waals surface area contributed by atoms with Crippen LogP contribution >= 0.6 is 0 Å². The molecule has 0 aromatic heterocycles. The van der Waals surface area contributed by atoms with Crippen LogP contribution in [-0.4, -0.2) is 52.8 Å². The van der Waals surface area contributed by atoms with Crippen molar-refractivity contribution in [2.75, 3.05) is 0 Å². The molecule has 0 spiro atoms. The molecule has 9 nitrogen and oxygen atoms in total. The number of nitrogens with zero attached hydrogens (tertiary/aromatic N) is 1. The molecule has 0 radical (unpaired) electrons. The second-order valence-corrected chi connectivity index (χ2v) is 12.8. The number of nitrogens with one attached hydrogen (secondary N) is 1. The van der Waals surface area contributed by atoms with Crippen LogP contribution < -0.4 is 5.32 Å². The lowest BCUT2D eigenvalue weighted by atomic mass is 9.74. The van der Waals surface area contributed by atoms with Crippen LogP contribution in [0, 0.1) is 16.6 Å². The number of rotatable bonds is 9. The molecule has 10 heteroatoms. The number of carbonyl (C=O) groups excluding carboxylic acids is 4. The highest BCUT2D eigenvalue weighted by atomic mass is 19.1. The van der Waals surface area contributed by atoms with Gasteiger partial charge in [0.1, 0.15) is 17.5 Å². The molecular weight excluding hydrogens is 531 g/mol.